The monoisotopic (exact) mass is 508 g/mol. The average Bonchev–Trinajstić information content (AvgIpc) is 2.80. The number of anilines is 3. The lowest BCUT2D eigenvalue weighted by Crippen LogP contribution is -2.30. The van der Waals surface area contributed by atoms with Gasteiger partial charge in [-0.25, -0.2) is 4.98 Å². The number of nitrogens with zero attached hydrogens (tertiary/aromatic N) is 2. The van der Waals surface area contributed by atoms with Gasteiger partial charge in [0, 0.05) is 47.2 Å². The molecule has 0 aliphatic carbocycles. The lowest BCUT2D eigenvalue weighted by Gasteiger charge is -2.28. The third kappa shape index (κ3) is 5.90. The average molecular weight is 509 g/mol. The summed E-state index contributed by atoms with van der Waals surface area (Å²) >= 11 is 3.41. The van der Waals surface area contributed by atoms with Crippen LogP contribution in [0, 0.1) is 13.8 Å². The van der Waals surface area contributed by atoms with Crippen molar-refractivity contribution in [3.8, 4) is 0 Å². The number of benzene rings is 2. The van der Waals surface area contributed by atoms with Crippen LogP contribution in [0.5, 0.6) is 0 Å². The van der Waals surface area contributed by atoms with Crippen molar-refractivity contribution < 1.29 is 9.59 Å². The molecule has 7 heteroatoms. The highest BCUT2D eigenvalue weighted by Crippen LogP contribution is 2.27. The second kappa shape index (κ2) is 10.3. The number of aryl methyl sites for hydroxylation is 2. The molecule has 0 radical (unpaired) electrons. The maximum Gasteiger partial charge on any atom is 0.224 e. The van der Waals surface area contributed by atoms with E-state index < -0.39 is 0 Å². The van der Waals surface area contributed by atoms with Crippen LogP contribution in [0.2, 0.25) is 0 Å². The molecule has 0 bridgehead atoms. The molecule has 2 aromatic carbocycles. The highest BCUT2D eigenvalue weighted by atomic mass is 79.9. The summed E-state index contributed by atoms with van der Waals surface area (Å²) in [6.45, 7) is 6.12. The number of carbonyl (C=O) groups is 2. The zero-order chi connectivity index (χ0) is 23.4. The standard InChI is InChI=1S/C26H29BrN4O2/c1-17-15-24(31-12-4-3-5-13-31)29-23-9-7-20(16-21(17)23)28-25(32)10-11-26(33)30-22-8-6-19(27)14-18(22)2/h6-9,14-16H,3-5,10-13H2,1-2H3,(H,28,32)(H,30,33). The van der Waals surface area contributed by atoms with Crippen molar-refractivity contribution in [2.45, 2.75) is 46.0 Å². The van der Waals surface area contributed by atoms with Gasteiger partial charge in [-0.15, -0.1) is 0 Å². The Labute approximate surface area is 202 Å². The molecule has 1 aromatic heterocycles. The predicted octanol–water partition coefficient (Wildman–Crippen LogP) is 5.96. The maximum absolute atomic E-state index is 12.4. The summed E-state index contributed by atoms with van der Waals surface area (Å²) < 4.78 is 0.959. The Bertz CT molecular complexity index is 1190. The Balaban J connectivity index is 1.36. The van der Waals surface area contributed by atoms with E-state index in [1.54, 1.807) is 0 Å². The molecule has 2 N–H and O–H groups in total. The molecule has 2 amide bonds. The highest BCUT2D eigenvalue weighted by Gasteiger charge is 2.15. The van der Waals surface area contributed by atoms with Crippen LogP contribution < -0.4 is 15.5 Å². The van der Waals surface area contributed by atoms with E-state index in [0.29, 0.717) is 5.69 Å². The van der Waals surface area contributed by atoms with Gasteiger partial charge in [0.1, 0.15) is 5.82 Å². The van der Waals surface area contributed by atoms with Crippen molar-refractivity contribution in [1.29, 1.82) is 0 Å². The molecule has 172 valence electrons. The number of rotatable bonds is 6. The van der Waals surface area contributed by atoms with Gasteiger partial charge < -0.3 is 15.5 Å². The maximum atomic E-state index is 12.4. The number of hydrogen-bond donors (Lipinski definition) is 2. The lowest BCUT2D eigenvalue weighted by molar-refractivity contribution is -0.121. The Hall–Kier alpha value is -2.93. The first kappa shape index (κ1) is 23.2. The summed E-state index contributed by atoms with van der Waals surface area (Å²) in [6.07, 6.45) is 3.95. The zero-order valence-electron chi connectivity index (χ0n) is 19.1. The van der Waals surface area contributed by atoms with Gasteiger partial charge in [0.05, 0.1) is 5.52 Å². The molecule has 0 saturated carbocycles. The molecule has 2 heterocycles. The second-order valence-corrected chi connectivity index (χ2v) is 9.55. The van der Waals surface area contributed by atoms with Crippen LogP contribution in [-0.2, 0) is 9.59 Å². The number of carbonyl (C=O) groups excluding carboxylic acids is 2. The largest absolute Gasteiger partial charge is 0.357 e. The Kier molecular flexibility index (Phi) is 7.28. The SMILES string of the molecule is Cc1cc(Br)ccc1NC(=O)CCC(=O)Nc1ccc2nc(N3CCCCC3)cc(C)c2c1. The first-order valence-corrected chi connectivity index (χ1v) is 12.2. The van der Waals surface area contributed by atoms with E-state index in [4.69, 9.17) is 4.98 Å². The number of nitrogens with one attached hydrogen (secondary N) is 2. The molecule has 0 spiro atoms. The van der Waals surface area contributed by atoms with E-state index in [1.807, 2.05) is 43.3 Å². The molecule has 0 unspecified atom stereocenters. The van der Waals surface area contributed by atoms with Gasteiger partial charge in [0.25, 0.3) is 0 Å². The number of pyridine rings is 1. The first-order valence-electron chi connectivity index (χ1n) is 11.4. The quantitative estimate of drug-likeness (QED) is 0.430. The molecule has 1 aliphatic heterocycles. The fourth-order valence-corrected chi connectivity index (χ4v) is 4.65. The third-order valence-corrected chi connectivity index (χ3v) is 6.50. The van der Waals surface area contributed by atoms with E-state index >= 15 is 0 Å². The minimum atomic E-state index is -0.187. The van der Waals surface area contributed by atoms with Crippen LogP contribution in [0.4, 0.5) is 17.2 Å². The summed E-state index contributed by atoms with van der Waals surface area (Å²) in [5.74, 6) is 0.662. The summed E-state index contributed by atoms with van der Waals surface area (Å²) in [7, 11) is 0. The number of aromatic nitrogens is 1. The van der Waals surface area contributed by atoms with Crippen LogP contribution in [0.15, 0.2) is 46.9 Å². The fraction of sp³-hybridized carbons (Fsp3) is 0.346. The lowest BCUT2D eigenvalue weighted by atomic mass is 10.1. The van der Waals surface area contributed by atoms with E-state index in [-0.39, 0.29) is 24.7 Å². The van der Waals surface area contributed by atoms with Crippen LogP contribution in [0.3, 0.4) is 0 Å². The van der Waals surface area contributed by atoms with Gasteiger partial charge in [-0.3, -0.25) is 9.59 Å². The third-order valence-electron chi connectivity index (χ3n) is 6.01. The van der Waals surface area contributed by atoms with Crippen molar-refractivity contribution in [3.63, 3.8) is 0 Å². The Morgan fingerprint density at radius 3 is 2.36 bits per heavy atom. The van der Waals surface area contributed by atoms with Gasteiger partial charge in [-0.05, 0) is 86.7 Å². The number of amides is 2. The fourth-order valence-electron chi connectivity index (χ4n) is 4.17. The van der Waals surface area contributed by atoms with Gasteiger partial charge in [0.15, 0.2) is 0 Å². The number of fused-ring (bicyclic) bond motifs is 1. The smallest absolute Gasteiger partial charge is 0.224 e. The Morgan fingerprint density at radius 1 is 0.909 bits per heavy atom. The van der Waals surface area contributed by atoms with Crippen LogP contribution in [0.25, 0.3) is 10.9 Å². The molecule has 3 aromatic rings. The molecular weight excluding hydrogens is 480 g/mol. The normalized spacial score (nSPS) is 13.7. The highest BCUT2D eigenvalue weighted by molar-refractivity contribution is 9.10. The Morgan fingerprint density at radius 2 is 1.64 bits per heavy atom. The van der Waals surface area contributed by atoms with Gasteiger partial charge >= 0.3 is 0 Å². The molecule has 33 heavy (non-hydrogen) atoms. The first-order chi connectivity index (χ1) is 15.9. The number of hydrogen-bond acceptors (Lipinski definition) is 4. The molecule has 1 fully saturated rings. The summed E-state index contributed by atoms with van der Waals surface area (Å²) in [5.41, 5.74) is 4.50. The van der Waals surface area contributed by atoms with Gasteiger partial charge in [-0.1, -0.05) is 15.9 Å². The van der Waals surface area contributed by atoms with Crippen molar-refractivity contribution in [2.24, 2.45) is 0 Å². The van der Waals surface area contributed by atoms with E-state index in [0.717, 1.165) is 51.1 Å². The van der Waals surface area contributed by atoms with E-state index in [9.17, 15) is 9.59 Å². The summed E-state index contributed by atoms with van der Waals surface area (Å²) in [4.78, 5) is 31.9. The molecule has 1 saturated heterocycles. The van der Waals surface area contributed by atoms with E-state index in [2.05, 4.69) is 44.5 Å². The topological polar surface area (TPSA) is 74.3 Å². The van der Waals surface area contributed by atoms with Gasteiger partial charge in [0.2, 0.25) is 11.8 Å². The minimum Gasteiger partial charge on any atom is -0.357 e. The predicted molar refractivity (Wildman–Crippen MR) is 138 cm³/mol. The molecular formula is C26H29BrN4O2. The van der Waals surface area contributed by atoms with Crippen molar-refractivity contribution in [2.75, 3.05) is 28.6 Å². The molecule has 0 atom stereocenters. The van der Waals surface area contributed by atoms with E-state index in [1.165, 1.54) is 19.3 Å². The van der Waals surface area contributed by atoms with Crippen molar-refractivity contribution in [3.05, 3.63) is 58.1 Å². The van der Waals surface area contributed by atoms with Crippen molar-refractivity contribution >= 4 is 55.8 Å². The van der Waals surface area contributed by atoms with Crippen LogP contribution >= 0.6 is 15.9 Å². The van der Waals surface area contributed by atoms with Crippen LogP contribution in [0.1, 0.15) is 43.2 Å². The molecule has 6 nitrogen and oxygen atoms in total. The molecule has 4 rings (SSSR count). The number of piperidine rings is 1. The minimum absolute atomic E-state index is 0.116. The summed E-state index contributed by atoms with van der Waals surface area (Å²) in [6, 6.07) is 13.6. The van der Waals surface area contributed by atoms with Crippen molar-refractivity contribution in [1.82, 2.24) is 4.98 Å². The second-order valence-electron chi connectivity index (χ2n) is 8.63. The zero-order valence-corrected chi connectivity index (χ0v) is 20.7. The summed E-state index contributed by atoms with van der Waals surface area (Å²) in [5, 5.41) is 6.81. The number of halogens is 1. The molecule has 1 aliphatic rings. The van der Waals surface area contributed by atoms with Crippen LogP contribution in [-0.4, -0.2) is 29.9 Å². The van der Waals surface area contributed by atoms with Gasteiger partial charge in [-0.2, -0.15) is 0 Å².